The summed E-state index contributed by atoms with van der Waals surface area (Å²) in [4.78, 5) is 26.4. The maximum atomic E-state index is 12.4. The summed E-state index contributed by atoms with van der Waals surface area (Å²) in [5.74, 6) is -1.63. The van der Waals surface area contributed by atoms with Crippen LogP contribution in [0.3, 0.4) is 0 Å². The molecule has 0 aromatic heterocycles. The lowest BCUT2D eigenvalue weighted by molar-refractivity contribution is -0.274. The molecule has 10 nitrogen and oxygen atoms in total. The minimum atomic E-state index is -4.77. The molecule has 0 radical (unpaired) electrons. The van der Waals surface area contributed by atoms with Gasteiger partial charge in [-0.05, 0) is 78.3 Å². The Bertz CT molecular complexity index is 1890. The molecule has 5 aromatic rings. The number of carbonyl (C=O) groups is 2. The molecule has 0 saturated carbocycles. The molecule has 4 N–H and O–H groups in total. The molecule has 2 unspecified atom stereocenters. The Kier molecular flexibility index (Phi) is 14.8. The third-order valence-electron chi connectivity index (χ3n) is 7.74. The molecule has 0 fully saturated rings. The summed E-state index contributed by atoms with van der Waals surface area (Å²) in [5.41, 5.74) is 6.75. The number of nitrogens with zero attached hydrogens (tertiary/aromatic N) is 1. The van der Waals surface area contributed by atoms with E-state index in [0.29, 0.717) is 34.8 Å². The number of hydrogen-bond acceptors (Lipinski definition) is 8. The van der Waals surface area contributed by atoms with E-state index in [1.807, 2.05) is 79.7 Å². The number of carbonyl (C=O) groups excluding carboxylic acids is 2. The van der Waals surface area contributed by atoms with E-state index in [4.69, 9.17) is 19.9 Å². The third-order valence-corrected chi connectivity index (χ3v) is 7.74. The minimum Gasteiger partial charge on any atom is -0.492 e. The quantitative estimate of drug-likeness (QED) is 0.0706. The molecule has 0 bridgehead atoms. The Morgan fingerprint density at radius 3 is 1.55 bits per heavy atom. The SMILES string of the molecule is CN(C)CCOc1cccc(C(C(=O)NO)c2ccccc2)c1.O=C(NO)C(c1ccccc1)c1cccc(OCc2cccc(OC(F)(F)F)c2)c1. The molecule has 13 heteroatoms. The van der Waals surface area contributed by atoms with Crippen molar-refractivity contribution >= 4 is 11.8 Å². The highest BCUT2D eigenvalue weighted by Crippen LogP contribution is 2.30. The van der Waals surface area contributed by atoms with Gasteiger partial charge in [-0.3, -0.25) is 20.0 Å². The van der Waals surface area contributed by atoms with Crippen molar-refractivity contribution in [3.63, 3.8) is 0 Å². The average Bonchev–Trinajstić information content (AvgIpc) is 3.15. The molecular weight excluding hydrogens is 691 g/mol. The fourth-order valence-electron chi connectivity index (χ4n) is 5.32. The number of nitrogens with one attached hydrogen (secondary N) is 2. The van der Waals surface area contributed by atoms with E-state index in [1.165, 1.54) is 18.2 Å². The Hall–Kier alpha value is -5.89. The highest BCUT2D eigenvalue weighted by molar-refractivity contribution is 5.87. The lowest BCUT2D eigenvalue weighted by Gasteiger charge is -2.17. The van der Waals surface area contributed by atoms with Crippen LogP contribution in [0.5, 0.6) is 17.2 Å². The van der Waals surface area contributed by atoms with Gasteiger partial charge in [0.1, 0.15) is 30.5 Å². The second-order valence-corrected chi connectivity index (χ2v) is 11.9. The molecule has 0 aliphatic rings. The molecule has 0 aliphatic carbocycles. The molecule has 5 rings (SSSR count). The van der Waals surface area contributed by atoms with Crippen LogP contribution in [-0.4, -0.2) is 60.7 Å². The maximum absolute atomic E-state index is 12.4. The molecule has 53 heavy (non-hydrogen) atoms. The fraction of sp³-hybridized carbons (Fsp3) is 0.200. The Morgan fingerprint density at radius 1 is 0.623 bits per heavy atom. The van der Waals surface area contributed by atoms with Gasteiger partial charge in [0.15, 0.2) is 0 Å². The van der Waals surface area contributed by atoms with Crippen molar-refractivity contribution in [1.29, 1.82) is 0 Å². The van der Waals surface area contributed by atoms with Gasteiger partial charge in [-0.1, -0.05) is 97.1 Å². The highest BCUT2D eigenvalue weighted by atomic mass is 19.4. The normalized spacial score (nSPS) is 12.1. The Morgan fingerprint density at radius 2 is 1.08 bits per heavy atom. The van der Waals surface area contributed by atoms with Gasteiger partial charge in [0.2, 0.25) is 0 Å². The summed E-state index contributed by atoms with van der Waals surface area (Å²) in [7, 11) is 3.97. The number of hydroxylamine groups is 2. The predicted octanol–water partition coefficient (Wildman–Crippen LogP) is 7.07. The lowest BCUT2D eigenvalue weighted by Crippen LogP contribution is -2.27. The summed E-state index contributed by atoms with van der Waals surface area (Å²) in [6.45, 7) is 1.38. The fourth-order valence-corrected chi connectivity index (χ4v) is 5.32. The number of ether oxygens (including phenoxy) is 3. The van der Waals surface area contributed by atoms with Crippen molar-refractivity contribution in [3.8, 4) is 17.2 Å². The summed E-state index contributed by atoms with van der Waals surface area (Å²) < 4.78 is 52.4. The topological polar surface area (TPSA) is 130 Å². The van der Waals surface area contributed by atoms with E-state index in [2.05, 4.69) is 4.74 Å². The average molecular weight is 732 g/mol. The summed E-state index contributed by atoms with van der Waals surface area (Å²) in [6.07, 6.45) is -4.77. The van der Waals surface area contributed by atoms with E-state index in [0.717, 1.165) is 17.7 Å². The third kappa shape index (κ3) is 12.7. The summed E-state index contributed by atoms with van der Waals surface area (Å²) in [5, 5.41) is 18.2. The smallest absolute Gasteiger partial charge is 0.492 e. The van der Waals surface area contributed by atoms with Crippen LogP contribution in [0.1, 0.15) is 39.7 Å². The van der Waals surface area contributed by atoms with E-state index in [9.17, 15) is 22.8 Å². The van der Waals surface area contributed by atoms with Crippen LogP contribution in [0.15, 0.2) is 133 Å². The monoisotopic (exact) mass is 731 g/mol. The molecule has 2 amide bonds. The second-order valence-electron chi connectivity index (χ2n) is 11.9. The van der Waals surface area contributed by atoms with Crippen molar-refractivity contribution < 1.29 is 47.4 Å². The van der Waals surface area contributed by atoms with Gasteiger partial charge in [0, 0.05) is 6.54 Å². The van der Waals surface area contributed by atoms with Gasteiger partial charge >= 0.3 is 6.36 Å². The molecule has 5 aromatic carbocycles. The maximum Gasteiger partial charge on any atom is 0.573 e. The summed E-state index contributed by atoms with van der Waals surface area (Å²) in [6, 6.07) is 37.8. The Labute approximate surface area is 305 Å². The predicted molar refractivity (Wildman–Crippen MR) is 191 cm³/mol. The molecule has 0 spiro atoms. The molecule has 2 atom stereocenters. The largest absolute Gasteiger partial charge is 0.573 e. The molecular formula is C40H40F3N3O7. The van der Waals surface area contributed by atoms with Crippen LogP contribution in [0.4, 0.5) is 13.2 Å². The number of likely N-dealkylation sites (N-methyl/N-ethyl adjacent to an activating group) is 1. The van der Waals surface area contributed by atoms with Crippen molar-refractivity contribution in [2.45, 2.75) is 24.8 Å². The van der Waals surface area contributed by atoms with E-state index >= 15 is 0 Å². The first-order chi connectivity index (χ1) is 25.5. The molecule has 0 aliphatic heterocycles. The number of halogens is 3. The molecule has 0 heterocycles. The van der Waals surface area contributed by atoms with Crippen molar-refractivity contribution in [2.24, 2.45) is 0 Å². The van der Waals surface area contributed by atoms with Crippen LogP contribution in [0.2, 0.25) is 0 Å². The van der Waals surface area contributed by atoms with Gasteiger partial charge in [0.05, 0.1) is 11.8 Å². The zero-order chi connectivity index (χ0) is 38.2. The highest BCUT2D eigenvalue weighted by Gasteiger charge is 2.31. The minimum absolute atomic E-state index is 0.000705. The number of benzene rings is 5. The van der Waals surface area contributed by atoms with Crippen molar-refractivity contribution in [1.82, 2.24) is 15.9 Å². The van der Waals surface area contributed by atoms with Crippen LogP contribution < -0.4 is 25.2 Å². The molecule has 0 saturated heterocycles. The zero-order valence-electron chi connectivity index (χ0n) is 29.0. The van der Waals surface area contributed by atoms with Gasteiger partial charge in [-0.25, -0.2) is 11.0 Å². The van der Waals surface area contributed by atoms with Gasteiger partial charge in [0.25, 0.3) is 11.8 Å². The first kappa shape index (κ1) is 39.9. The number of rotatable bonds is 14. The van der Waals surface area contributed by atoms with Crippen LogP contribution in [-0.2, 0) is 16.2 Å². The van der Waals surface area contributed by atoms with E-state index in [-0.39, 0.29) is 12.4 Å². The molecule has 278 valence electrons. The zero-order valence-corrected chi connectivity index (χ0v) is 29.0. The lowest BCUT2D eigenvalue weighted by atomic mass is 9.90. The standard InChI is InChI=1S/C22H18F3NO4.C18H22N2O3/c23-22(24,25)30-19-11-4-6-15(12-19)14-29-18-10-5-9-17(13-18)20(21(27)26-28)16-7-2-1-3-8-16;1-20(2)11-12-23-16-10-6-9-15(13-16)17(18(21)19-22)14-7-4-3-5-8-14/h1-13,20,28H,14H2,(H,26,27);3-10,13,17,22H,11-12H2,1-2H3,(H,19,21). The van der Waals surface area contributed by atoms with Gasteiger partial charge in [-0.15, -0.1) is 13.2 Å². The van der Waals surface area contributed by atoms with Gasteiger partial charge < -0.3 is 19.1 Å². The van der Waals surface area contributed by atoms with Crippen molar-refractivity contribution in [2.75, 3.05) is 27.2 Å². The summed E-state index contributed by atoms with van der Waals surface area (Å²) >= 11 is 0. The van der Waals surface area contributed by atoms with Gasteiger partial charge in [-0.2, -0.15) is 0 Å². The van der Waals surface area contributed by atoms with E-state index < -0.39 is 30.0 Å². The number of alkyl halides is 3. The van der Waals surface area contributed by atoms with Crippen LogP contribution in [0.25, 0.3) is 0 Å². The Balaban J connectivity index is 0.000000245. The number of amides is 2. The van der Waals surface area contributed by atoms with Crippen molar-refractivity contribution in [3.05, 3.63) is 161 Å². The first-order valence-electron chi connectivity index (χ1n) is 16.4. The van der Waals surface area contributed by atoms with E-state index in [1.54, 1.807) is 65.6 Å². The first-order valence-corrected chi connectivity index (χ1v) is 16.4. The van der Waals surface area contributed by atoms with Crippen LogP contribution in [0, 0.1) is 0 Å². The number of hydrogen-bond donors (Lipinski definition) is 4. The van der Waals surface area contributed by atoms with Crippen LogP contribution >= 0.6 is 0 Å². The second kappa shape index (κ2) is 19.6.